The van der Waals surface area contributed by atoms with Crippen LogP contribution in [0.1, 0.15) is 25.3 Å². The van der Waals surface area contributed by atoms with Crippen molar-refractivity contribution in [1.29, 1.82) is 0 Å². The Bertz CT molecular complexity index is 777. The van der Waals surface area contributed by atoms with Crippen LogP contribution in [-0.2, 0) is 7.05 Å². The first kappa shape index (κ1) is 13.1. The van der Waals surface area contributed by atoms with Crippen LogP contribution in [0.2, 0.25) is 5.28 Å². The second kappa shape index (κ2) is 4.87. The summed E-state index contributed by atoms with van der Waals surface area (Å²) in [6.45, 7) is 4.33. The Morgan fingerprint density at radius 2 is 1.90 bits per heavy atom. The normalized spacial score (nSPS) is 11.4. The SMILES string of the molecule is CC(C)c1ccccc1-c1nc(Cl)nc2c1ncn2C. The summed E-state index contributed by atoms with van der Waals surface area (Å²) in [4.78, 5) is 13.1. The lowest BCUT2D eigenvalue weighted by Crippen LogP contribution is -1.97. The average molecular weight is 287 g/mol. The van der Waals surface area contributed by atoms with Crippen molar-refractivity contribution in [3.63, 3.8) is 0 Å². The molecule has 0 atom stereocenters. The van der Waals surface area contributed by atoms with Crippen molar-refractivity contribution in [3.05, 3.63) is 41.4 Å². The van der Waals surface area contributed by atoms with Gasteiger partial charge < -0.3 is 4.57 Å². The van der Waals surface area contributed by atoms with Crippen LogP contribution in [0.4, 0.5) is 0 Å². The van der Waals surface area contributed by atoms with E-state index in [0.717, 1.165) is 22.4 Å². The number of halogens is 1. The summed E-state index contributed by atoms with van der Waals surface area (Å²) < 4.78 is 1.85. The number of imidazole rings is 1. The number of fused-ring (bicyclic) bond motifs is 1. The highest BCUT2D eigenvalue weighted by atomic mass is 35.5. The third-order valence-corrected chi connectivity index (χ3v) is 3.54. The topological polar surface area (TPSA) is 43.6 Å². The zero-order valence-corrected chi connectivity index (χ0v) is 12.4. The molecule has 0 N–H and O–H groups in total. The molecule has 3 aromatic rings. The Hall–Kier alpha value is -1.94. The van der Waals surface area contributed by atoms with Crippen molar-refractivity contribution >= 4 is 22.8 Å². The van der Waals surface area contributed by atoms with Gasteiger partial charge in [-0.1, -0.05) is 38.1 Å². The summed E-state index contributed by atoms with van der Waals surface area (Å²) in [7, 11) is 1.90. The standard InChI is InChI=1S/C15H15ClN4/c1-9(2)10-6-4-5-7-11(10)12-13-14(19-15(16)18-12)20(3)8-17-13/h4-9H,1-3H3. The highest BCUT2D eigenvalue weighted by Crippen LogP contribution is 2.32. The molecule has 2 aromatic heterocycles. The summed E-state index contributed by atoms with van der Waals surface area (Å²) in [5.41, 5.74) is 4.62. The predicted molar refractivity (Wildman–Crippen MR) is 80.8 cm³/mol. The molecule has 0 aliphatic carbocycles. The first-order valence-electron chi connectivity index (χ1n) is 6.51. The Morgan fingerprint density at radius 1 is 1.15 bits per heavy atom. The first-order chi connectivity index (χ1) is 9.58. The molecular weight excluding hydrogens is 272 g/mol. The predicted octanol–water partition coefficient (Wildman–Crippen LogP) is 3.81. The van der Waals surface area contributed by atoms with Gasteiger partial charge in [-0.2, -0.15) is 4.98 Å². The van der Waals surface area contributed by atoms with E-state index in [1.165, 1.54) is 5.56 Å². The van der Waals surface area contributed by atoms with Gasteiger partial charge in [-0.05, 0) is 23.1 Å². The van der Waals surface area contributed by atoms with Gasteiger partial charge in [-0.25, -0.2) is 9.97 Å². The molecule has 3 rings (SSSR count). The van der Waals surface area contributed by atoms with E-state index in [1.54, 1.807) is 6.33 Å². The minimum absolute atomic E-state index is 0.245. The zero-order valence-electron chi connectivity index (χ0n) is 11.6. The van der Waals surface area contributed by atoms with Crippen LogP contribution in [0.5, 0.6) is 0 Å². The van der Waals surface area contributed by atoms with E-state index in [1.807, 2.05) is 23.7 Å². The molecule has 1 aromatic carbocycles. The molecule has 0 bridgehead atoms. The van der Waals surface area contributed by atoms with Crippen LogP contribution in [0, 0.1) is 0 Å². The molecule has 0 amide bonds. The molecule has 0 spiro atoms. The third kappa shape index (κ3) is 2.06. The maximum atomic E-state index is 6.07. The third-order valence-electron chi connectivity index (χ3n) is 3.37. The van der Waals surface area contributed by atoms with Gasteiger partial charge in [0.05, 0.1) is 6.33 Å². The number of hydrogen-bond donors (Lipinski definition) is 0. The molecule has 0 aliphatic rings. The van der Waals surface area contributed by atoms with E-state index < -0.39 is 0 Å². The van der Waals surface area contributed by atoms with Gasteiger partial charge in [0.15, 0.2) is 5.65 Å². The van der Waals surface area contributed by atoms with Crippen LogP contribution in [0.3, 0.4) is 0 Å². The molecule has 5 heteroatoms. The minimum Gasteiger partial charge on any atom is -0.318 e. The van der Waals surface area contributed by atoms with E-state index in [0.29, 0.717) is 5.92 Å². The van der Waals surface area contributed by atoms with Crippen LogP contribution >= 0.6 is 11.6 Å². The number of aromatic nitrogens is 4. The minimum atomic E-state index is 0.245. The summed E-state index contributed by atoms with van der Waals surface area (Å²) >= 11 is 6.07. The lowest BCUT2D eigenvalue weighted by molar-refractivity contribution is 0.868. The maximum absolute atomic E-state index is 6.07. The number of benzene rings is 1. The van der Waals surface area contributed by atoms with Crippen LogP contribution in [0.25, 0.3) is 22.4 Å². The lowest BCUT2D eigenvalue weighted by Gasteiger charge is -2.12. The number of hydrogen-bond acceptors (Lipinski definition) is 3. The fourth-order valence-electron chi connectivity index (χ4n) is 2.38. The van der Waals surface area contributed by atoms with Gasteiger partial charge in [0.25, 0.3) is 0 Å². The fourth-order valence-corrected chi connectivity index (χ4v) is 2.55. The highest BCUT2D eigenvalue weighted by molar-refractivity contribution is 6.28. The van der Waals surface area contributed by atoms with Crippen LogP contribution in [-0.4, -0.2) is 19.5 Å². The van der Waals surface area contributed by atoms with Gasteiger partial charge >= 0.3 is 0 Å². The van der Waals surface area contributed by atoms with Crippen molar-refractivity contribution in [1.82, 2.24) is 19.5 Å². The summed E-state index contributed by atoms with van der Waals surface area (Å²) in [6, 6.07) is 8.22. The Kier molecular flexibility index (Phi) is 3.18. The van der Waals surface area contributed by atoms with Crippen LogP contribution < -0.4 is 0 Å². The molecule has 0 aliphatic heterocycles. The van der Waals surface area contributed by atoms with Crippen molar-refractivity contribution in [2.45, 2.75) is 19.8 Å². The Balaban J connectivity index is 2.35. The first-order valence-corrected chi connectivity index (χ1v) is 6.89. The van der Waals surface area contributed by atoms with E-state index in [9.17, 15) is 0 Å². The van der Waals surface area contributed by atoms with Gasteiger partial charge in [-0.3, -0.25) is 0 Å². The lowest BCUT2D eigenvalue weighted by atomic mass is 9.95. The van der Waals surface area contributed by atoms with Crippen molar-refractivity contribution in [3.8, 4) is 11.3 Å². The van der Waals surface area contributed by atoms with Crippen molar-refractivity contribution in [2.24, 2.45) is 7.05 Å². The molecule has 0 saturated carbocycles. The second-order valence-electron chi connectivity index (χ2n) is 5.11. The summed E-state index contributed by atoms with van der Waals surface area (Å²) in [5, 5.41) is 0.245. The van der Waals surface area contributed by atoms with Gasteiger partial charge in [-0.15, -0.1) is 0 Å². The molecule has 20 heavy (non-hydrogen) atoms. The summed E-state index contributed by atoms with van der Waals surface area (Å²) in [6.07, 6.45) is 1.73. The van der Waals surface area contributed by atoms with E-state index >= 15 is 0 Å². The van der Waals surface area contributed by atoms with Gasteiger partial charge in [0.1, 0.15) is 11.2 Å². The van der Waals surface area contributed by atoms with E-state index in [2.05, 4.69) is 40.9 Å². The van der Waals surface area contributed by atoms with Gasteiger partial charge in [0.2, 0.25) is 5.28 Å². The van der Waals surface area contributed by atoms with Crippen LogP contribution in [0.15, 0.2) is 30.6 Å². The number of nitrogens with zero attached hydrogens (tertiary/aromatic N) is 4. The molecule has 4 nitrogen and oxygen atoms in total. The van der Waals surface area contributed by atoms with Crippen molar-refractivity contribution < 1.29 is 0 Å². The Labute approximate surface area is 122 Å². The monoisotopic (exact) mass is 286 g/mol. The molecule has 2 heterocycles. The Morgan fingerprint density at radius 3 is 2.65 bits per heavy atom. The molecule has 0 radical (unpaired) electrons. The second-order valence-corrected chi connectivity index (χ2v) is 5.45. The quantitative estimate of drug-likeness (QED) is 0.673. The van der Waals surface area contributed by atoms with Crippen molar-refractivity contribution in [2.75, 3.05) is 0 Å². The van der Waals surface area contributed by atoms with Gasteiger partial charge in [0, 0.05) is 12.6 Å². The highest BCUT2D eigenvalue weighted by Gasteiger charge is 2.16. The fraction of sp³-hybridized carbons (Fsp3) is 0.267. The zero-order chi connectivity index (χ0) is 14.3. The summed E-state index contributed by atoms with van der Waals surface area (Å²) in [5.74, 6) is 0.402. The van der Waals surface area contributed by atoms with E-state index in [4.69, 9.17) is 11.6 Å². The smallest absolute Gasteiger partial charge is 0.225 e. The molecule has 0 unspecified atom stereocenters. The molecule has 0 fully saturated rings. The number of rotatable bonds is 2. The largest absolute Gasteiger partial charge is 0.318 e. The maximum Gasteiger partial charge on any atom is 0.225 e. The molecule has 0 saturated heterocycles. The average Bonchev–Trinajstić information content (AvgIpc) is 2.79. The molecular formula is C15H15ClN4. The molecule has 102 valence electrons. The van der Waals surface area contributed by atoms with E-state index in [-0.39, 0.29) is 5.28 Å². The number of aryl methyl sites for hydroxylation is 1.